The molecule has 0 aliphatic carbocycles. The summed E-state index contributed by atoms with van der Waals surface area (Å²) in [5.41, 5.74) is 0.757. The molecule has 2 aliphatic rings. The van der Waals surface area contributed by atoms with Crippen molar-refractivity contribution in [2.75, 3.05) is 13.2 Å². The van der Waals surface area contributed by atoms with E-state index in [1.54, 1.807) is 6.92 Å². The van der Waals surface area contributed by atoms with Gasteiger partial charge in [-0.1, -0.05) is 17.7 Å². The normalized spacial score (nSPS) is 29.2. The number of benzene rings is 1. The van der Waals surface area contributed by atoms with Gasteiger partial charge >= 0.3 is 35.8 Å². The lowest BCUT2D eigenvalue weighted by Gasteiger charge is -2.48. The predicted octanol–water partition coefficient (Wildman–Crippen LogP) is -0.251. The van der Waals surface area contributed by atoms with Crippen molar-refractivity contribution in [1.82, 2.24) is 0 Å². The zero-order valence-corrected chi connectivity index (χ0v) is 29.5. The minimum atomic E-state index is -4.48. The van der Waals surface area contributed by atoms with E-state index in [0.717, 1.165) is 47.1 Å². The summed E-state index contributed by atoms with van der Waals surface area (Å²) in [7, 11) is -4.48. The average Bonchev–Trinajstić information content (AvgIpc) is 3.00. The molecule has 19 nitrogen and oxygen atoms in total. The summed E-state index contributed by atoms with van der Waals surface area (Å²) in [6.45, 7) is 6.25. The minimum Gasteiger partial charge on any atom is -0.463 e. The molecule has 10 atom stereocenters. The summed E-state index contributed by atoms with van der Waals surface area (Å²) >= 11 is 0. The number of carbonyl (C=O) groups excluding carboxylic acids is 6. The van der Waals surface area contributed by atoms with Crippen LogP contribution in [0.1, 0.15) is 47.1 Å². The van der Waals surface area contributed by atoms with Crippen LogP contribution in [0.25, 0.3) is 0 Å². The van der Waals surface area contributed by atoms with Crippen molar-refractivity contribution >= 4 is 45.9 Å². The zero-order chi connectivity index (χ0) is 38.2. The molecule has 2 aliphatic heterocycles. The highest BCUT2D eigenvalue weighted by Crippen LogP contribution is 2.35. The van der Waals surface area contributed by atoms with Gasteiger partial charge in [0.1, 0.15) is 24.9 Å². The van der Waals surface area contributed by atoms with E-state index in [2.05, 4.69) is 0 Å². The first-order valence-electron chi connectivity index (χ1n) is 15.4. The van der Waals surface area contributed by atoms with E-state index < -0.39 is 121 Å². The predicted molar refractivity (Wildman–Crippen MR) is 163 cm³/mol. The van der Waals surface area contributed by atoms with Crippen LogP contribution in [0.5, 0.6) is 0 Å². The van der Waals surface area contributed by atoms with E-state index in [-0.39, 0.29) is 4.90 Å². The third kappa shape index (κ3) is 11.7. The van der Waals surface area contributed by atoms with Gasteiger partial charge in [0.15, 0.2) is 43.1 Å². The first-order chi connectivity index (χ1) is 23.8. The lowest BCUT2D eigenvalue weighted by atomic mass is 9.96. The van der Waals surface area contributed by atoms with E-state index in [4.69, 9.17) is 46.8 Å². The van der Waals surface area contributed by atoms with Gasteiger partial charge in [0.25, 0.3) is 10.1 Å². The number of ether oxygens (including phenoxy) is 9. The summed E-state index contributed by atoms with van der Waals surface area (Å²) in [5, 5.41) is 10.9. The van der Waals surface area contributed by atoms with Crippen molar-refractivity contribution in [3.63, 3.8) is 0 Å². The van der Waals surface area contributed by atoms with Crippen molar-refractivity contribution in [3.05, 3.63) is 29.8 Å². The van der Waals surface area contributed by atoms with E-state index in [9.17, 15) is 42.3 Å². The molecule has 1 aromatic rings. The van der Waals surface area contributed by atoms with Gasteiger partial charge in [-0.05, 0) is 19.1 Å². The molecule has 0 unspecified atom stereocenters. The molecule has 51 heavy (non-hydrogen) atoms. The Morgan fingerprint density at radius 2 is 1.06 bits per heavy atom. The quantitative estimate of drug-likeness (QED) is 0.155. The van der Waals surface area contributed by atoms with E-state index in [0.29, 0.717) is 0 Å². The van der Waals surface area contributed by atoms with Gasteiger partial charge in [-0.2, -0.15) is 8.42 Å². The van der Waals surface area contributed by atoms with Crippen LogP contribution in [0, 0.1) is 6.92 Å². The third-order valence-corrected chi connectivity index (χ3v) is 8.45. The smallest absolute Gasteiger partial charge is 0.303 e. The molecule has 2 fully saturated rings. The molecule has 284 valence electrons. The van der Waals surface area contributed by atoms with Crippen molar-refractivity contribution in [1.29, 1.82) is 0 Å². The van der Waals surface area contributed by atoms with Crippen molar-refractivity contribution in [2.24, 2.45) is 0 Å². The molecule has 0 bridgehead atoms. The fraction of sp³-hybridized carbons (Fsp3) is 0.613. The van der Waals surface area contributed by atoms with E-state index in [1.807, 2.05) is 0 Å². The standard InChI is InChI=1S/C31H40O19S/c1-14-8-10-21(11-9-14)51(39,40)42-13-23-25(44-17(4)34)27(45-18(5)35)29(47-20(7)37)31(49-23)50-26-24(43-16(3)33)22(12-41-15(2)32)48-30(38)28(26)46-19(6)36/h8-11,22-31,38H,12-13H2,1-7H3/t22-,23-,24+,25+,26+,27+,28-,29-,30-,31+/m1/s1. The molecule has 2 saturated heterocycles. The number of rotatable bonds is 13. The Kier molecular flexibility index (Phi) is 14.4. The van der Waals surface area contributed by atoms with Gasteiger partial charge < -0.3 is 47.7 Å². The molecular formula is C31H40O19S. The van der Waals surface area contributed by atoms with Gasteiger partial charge in [-0.15, -0.1) is 0 Å². The van der Waals surface area contributed by atoms with Crippen LogP contribution in [0.15, 0.2) is 29.2 Å². The Bertz CT molecular complexity index is 1540. The maximum atomic E-state index is 13.1. The van der Waals surface area contributed by atoms with Crippen LogP contribution in [-0.2, 0) is 85.7 Å². The molecule has 1 N–H and O–H groups in total. The Morgan fingerprint density at radius 3 is 1.57 bits per heavy atom. The van der Waals surface area contributed by atoms with E-state index in [1.165, 1.54) is 24.3 Å². The molecular weight excluding hydrogens is 708 g/mol. The minimum absolute atomic E-state index is 0.237. The fourth-order valence-corrected chi connectivity index (χ4v) is 6.14. The second-order valence-electron chi connectivity index (χ2n) is 11.4. The Morgan fingerprint density at radius 1 is 0.608 bits per heavy atom. The lowest BCUT2D eigenvalue weighted by Crippen LogP contribution is -2.67. The Balaban J connectivity index is 2.13. The van der Waals surface area contributed by atoms with Crippen LogP contribution < -0.4 is 0 Å². The van der Waals surface area contributed by atoms with Crippen LogP contribution in [0.4, 0.5) is 0 Å². The summed E-state index contributed by atoms with van der Waals surface area (Å²) < 4.78 is 80.9. The average molecular weight is 749 g/mol. The summed E-state index contributed by atoms with van der Waals surface area (Å²) in [6.07, 6.45) is -17.5. The number of hydrogen-bond donors (Lipinski definition) is 1. The number of aryl methyl sites for hydroxylation is 1. The second-order valence-corrected chi connectivity index (χ2v) is 13.0. The van der Waals surface area contributed by atoms with Gasteiger partial charge in [-0.3, -0.25) is 33.0 Å². The molecule has 3 rings (SSSR count). The highest BCUT2D eigenvalue weighted by atomic mass is 32.2. The third-order valence-electron chi connectivity index (χ3n) is 7.15. The number of carbonyl (C=O) groups is 6. The number of aliphatic hydroxyl groups is 1. The van der Waals surface area contributed by atoms with E-state index >= 15 is 0 Å². The topological polar surface area (TPSA) is 249 Å². The zero-order valence-electron chi connectivity index (χ0n) is 28.7. The summed E-state index contributed by atoms with van der Waals surface area (Å²) in [5.74, 6) is -5.56. The van der Waals surface area contributed by atoms with Crippen molar-refractivity contribution < 1.29 is 89.1 Å². The van der Waals surface area contributed by atoms with Crippen LogP contribution >= 0.6 is 0 Å². The van der Waals surface area contributed by atoms with Crippen molar-refractivity contribution in [3.8, 4) is 0 Å². The maximum Gasteiger partial charge on any atom is 0.303 e. The van der Waals surface area contributed by atoms with Gasteiger partial charge in [0, 0.05) is 41.5 Å². The first kappa shape index (κ1) is 41.2. The number of hydrogen-bond acceptors (Lipinski definition) is 19. The maximum absolute atomic E-state index is 13.1. The van der Waals surface area contributed by atoms with Gasteiger partial charge in [-0.25, -0.2) is 0 Å². The van der Waals surface area contributed by atoms with Crippen molar-refractivity contribution in [2.45, 2.75) is 115 Å². The molecule has 0 radical (unpaired) electrons. The molecule has 2 heterocycles. The monoisotopic (exact) mass is 748 g/mol. The molecule has 0 aromatic heterocycles. The largest absolute Gasteiger partial charge is 0.463 e. The van der Waals surface area contributed by atoms with Crippen LogP contribution in [0.2, 0.25) is 0 Å². The van der Waals surface area contributed by atoms with Gasteiger partial charge in [0.2, 0.25) is 0 Å². The highest BCUT2D eigenvalue weighted by Gasteiger charge is 2.57. The molecule has 0 spiro atoms. The Hall–Kier alpha value is -4.21. The summed E-state index contributed by atoms with van der Waals surface area (Å²) in [6, 6.07) is 5.62. The number of aliphatic hydroxyl groups excluding tert-OH is 1. The van der Waals surface area contributed by atoms with Gasteiger partial charge in [0.05, 0.1) is 11.5 Å². The molecule has 0 amide bonds. The SMILES string of the molecule is CC(=O)OC[C@H]1O[C@@H](O)[C@H](OC(C)=O)[C@@H](O[C@@H]2O[C@H](COS(=O)(=O)c3ccc(C)cc3)[C@H](OC(C)=O)[C@H](OC(C)=O)[C@H]2OC(C)=O)[C@H]1OC(C)=O. The molecule has 1 aromatic carbocycles. The lowest BCUT2D eigenvalue weighted by molar-refractivity contribution is -0.357. The molecule has 0 saturated carbocycles. The second kappa shape index (κ2) is 17.8. The highest BCUT2D eigenvalue weighted by molar-refractivity contribution is 7.86. The fourth-order valence-electron chi connectivity index (χ4n) is 5.22. The first-order valence-corrected chi connectivity index (χ1v) is 16.8. The Labute approximate surface area is 292 Å². The van der Waals surface area contributed by atoms with Crippen LogP contribution in [0.3, 0.4) is 0 Å². The molecule has 20 heteroatoms. The van der Waals surface area contributed by atoms with Crippen LogP contribution in [-0.4, -0.2) is 124 Å². The number of esters is 6. The summed E-state index contributed by atoms with van der Waals surface area (Å²) in [4.78, 5) is 72.7.